The Kier molecular flexibility index (Phi) is 6.31. The number of carbonyl (C=O) groups is 1. The normalized spacial score (nSPS) is 22.3. The number of pyridine rings is 1. The average molecular weight is 354 g/mol. The Morgan fingerprint density at radius 2 is 1.96 bits per heavy atom. The molecule has 24 heavy (non-hydrogen) atoms. The quantitative estimate of drug-likeness (QED) is 0.810. The molecule has 0 spiro atoms. The van der Waals surface area contributed by atoms with E-state index in [4.69, 9.17) is 0 Å². The van der Waals surface area contributed by atoms with Gasteiger partial charge < -0.3 is 5.32 Å². The Hall–Kier alpha value is -1.51. The van der Waals surface area contributed by atoms with Gasteiger partial charge in [-0.2, -0.15) is 12.7 Å². The number of hydrogen-bond donors (Lipinski definition) is 2. The SMILES string of the molecule is Cc1ccc(NC(=O)CCNS(=O)(=O)N2CC(C)CC(C)C2)nc1. The van der Waals surface area contributed by atoms with Gasteiger partial charge >= 0.3 is 0 Å². The molecule has 7 nitrogen and oxygen atoms in total. The summed E-state index contributed by atoms with van der Waals surface area (Å²) in [5.74, 6) is 0.893. The molecule has 2 heterocycles. The molecular formula is C16H26N4O3S. The standard InChI is InChI=1S/C16H26N4O3S/c1-12-4-5-15(17-9-12)19-16(21)6-7-18-24(22,23)20-10-13(2)8-14(3)11-20/h4-5,9,13-14,18H,6-8,10-11H2,1-3H3,(H,17,19,21). The van der Waals surface area contributed by atoms with E-state index in [0.717, 1.165) is 12.0 Å². The molecule has 1 aliphatic heterocycles. The van der Waals surface area contributed by atoms with Gasteiger partial charge in [0.25, 0.3) is 10.2 Å². The fourth-order valence-electron chi connectivity index (χ4n) is 2.93. The molecule has 2 rings (SSSR count). The molecular weight excluding hydrogens is 328 g/mol. The minimum Gasteiger partial charge on any atom is -0.311 e. The Morgan fingerprint density at radius 3 is 2.54 bits per heavy atom. The predicted molar refractivity (Wildman–Crippen MR) is 93.7 cm³/mol. The number of piperidine rings is 1. The van der Waals surface area contributed by atoms with Crippen LogP contribution in [0.5, 0.6) is 0 Å². The second-order valence-electron chi connectivity index (χ2n) is 6.68. The number of amides is 1. The van der Waals surface area contributed by atoms with Crippen LogP contribution in [0, 0.1) is 18.8 Å². The Balaban J connectivity index is 1.79. The molecule has 2 N–H and O–H groups in total. The van der Waals surface area contributed by atoms with Crippen molar-refractivity contribution in [3.05, 3.63) is 23.9 Å². The number of aryl methyl sites for hydroxylation is 1. The van der Waals surface area contributed by atoms with Gasteiger partial charge in [-0.25, -0.2) is 9.71 Å². The van der Waals surface area contributed by atoms with Crippen molar-refractivity contribution in [1.82, 2.24) is 14.0 Å². The first-order valence-corrected chi connectivity index (χ1v) is 9.67. The highest BCUT2D eigenvalue weighted by Gasteiger charge is 2.30. The van der Waals surface area contributed by atoms with Crippen LogP contribution >= 0.6 is 0 Å². The van der Waals surface area contributed by atoms with Crippen LogP contribution in [0.15, 0.2) is 18.3 Å². The maximum absolute atomic E-state index is 12.3. The Morgan fingerprint density at radius 1 is 1.29 bits per heavy atom. The van der Waals surface area contributed by atoms with Crippen LogP contribution in [-0.2, 0) is 15.0 Å². The molecule has 0 aliphatic carbocycles. The van der Waals surface area contributed by atoms with E-state index in [0.29, 0.717) is 30.7 Å². The molecule has 0 aromatic carbocycles. The molecule has 2 unspecified atom stereocenters. The maximum atomic E-state index is 12.3. The van der Waals surface area contributed by atoms with Gasteiger partial charge in [-0.15, -0.1) is 0 Å². The summed E-state index contributed by atoms with van der Waals surface area (Å²) in [5.41, 5.74) is 1.01. The molecule has 1 aromatic heterocycles. The van der Waals surface area contributed by atoms with E-state index in [-0.39, 0.29) is 18.9 Å². The summed E-state index contributed by atoms with van der Waals surface area (Å²) in [6.07, 6.45) is 2.77. The van der Waals surface area contributed by atoms with Crippen LogP contribution in [0.3, 0.4) is 0 Å². The van der Waals surface area contributed by atoms with Gasteiger partial charge in [-0.3, -0.25) is 4.79 Å². The Labute approximate surface area is 144 Å². The summed E-state index contributed by atoms with van der Waals surface area (Å²) in [6.45, 7) is 7.15. The monoisotopic (exact) mass is 354 g/mol. The van der Waals surface area contributed by atoms with E-state index in [9.17, 15) is 13.2 Å². The van der Waals surface area contributed by atoms with Gasteiger partial charge in [0.15, 0.2) is 0 Å². The van der Waals surface area contributed by atoms with Gasteiger partial charge in [0.2, 0.25) is 5.91 Å². The third kappa shape index (κ3) is 5.54. The van der Waals surface area contributed by atoms with Crippen LogP contribution in [-0.4, -0.2) is 43.2 Å². The van der Waals surface area contributed by atoms with E-state index in [2.05, 4.69) is 28.9 Å². The van der Waals surface area contributed by atoms with Crippen molar-refractivity contribution < 1.29 is 13.2 Å². The summed E-state index contributed by atoms with van der Waals surface area (Å²) in [5, 5.41) is 2.65. The predicted octanol–water partition coefficient (Wildman–Crippen LogP) is 1.53. The van der Waals surface area contributed by atoms with E-state index in [1.54, 1.807) is 12.3 Å². The largest absolute Gasteiger partial charge is 0.311 e. The second-order valence-corrected chi connectivity index (χ2v) is 8.44. The molecule has 1 fully saturated rings. The maximum Gasteiger partial charge on any atom is 0.279 e. The first-order valence-electron chi connectivity index (χ1n) is 8.23. The molecule has 1 aliphatic rings. The van der Waals surface area contributed by atoms with Crippen LogP contribution in [0.25, 0.3) is 0 Å². The average Bonchev–Trinajstić information content (AvgIpc) is 2.48. The molecule has 1 saturated heterocycles. The molecule has 2 atom stereocenters. The zero-order valence-corrected chi connectivity index (χ0v) is 15.3. The van der Waals surface area contributed by atoms with Gasteiger partial charge in [0.05, 0.1) is 0 Å². The lowest BCUT2D eigenvalue weighted by Crippen LogP contribution is -2.48. The molecule has 1 amide bonds. The van der Waals surface area contributed by atoms with Crippen molar-refractivity contribution >= 4 is 21.9 Å². The molecule has 0 saturated carbocycles. The van der Waals surface area contributed by atoms with Crippen LogP contribution in [0.2, 0.25) is 0 Å². The molecule has 0 bridgehead atoms. The van der Waals surface area contributed by atoms with Gasteiger partial charge in [-0.05, 0) is 36.8 Å². The summed E-state index contributed by atoms with van der Waals surface area (Å²) in [7, 11) is -3.54. The van der Waals surface area contributed by atoms with Crippen molar-refractivity contribution in [2.24, 2.45) is 11.8 Å². The van der Waals surface area contributed by atoms with Gasteiger partial charge in [0, 0.05) is 32.3 Å². The van der Waals surface area contributed by atoms with E-state index in [1.807, 2.05) is 13.0 Å². The van der Waals surface area contributed by atoms with Crippen LogP contribution in [0.1, 0.15) is 32.3 Å². The number of anilines is 1. The third-order valence-electron chi connectivity index (χ3n) is 3.99. The molecule has 134 valence electrons. The molecule has 1 aromatic rings. The number of hydrogen-bond acceptors (Lipinski definition) is 4. The summed E-state index contributed by atoms with van der Waals surface area (Å²) in [4.78, 5) is 16.0. The third-order valence-corrected chi connectivity index (χ3v) is 5.54. The van der Waals surface area contributed by atoms with Gasteiger partial charge in [-0.1, -0.05) is 19.9 Å². The zero-order chi connectivity index (χ0) is 17.7. The highest BCUT2D eigenvalue weighted by atomic mass is 32.2. The molecule has 0 radical (unpaired) electrons. The van der Waals surface area contributed by atoms with E-state index < -0.39 is 10.2 Å². The lowest BCUT2D eigenvalue weighted by atomic mass is 9.94. The highest BCUT2D eigenvalue weighted by molar-refractivity contribution is 7.87. The van der Waals surface area contributed by atoms with Crippen molar-refractivity contribution in [2.45, 2.75) is 33.6 Å². The summed E-state index contributed by atoms with van der Waals surface area (Å²) in [6, 6.07) is 3.57. The smallest absolute Gasteiger partial charge is 0.279 e. The first-order chi connectivity index (χ1) is 11.3. The van der Waals surface area contributed by atoms with E-state index >= 15 is 0 Å². The fraction of sp³-hybridized carbons (Fsp3) is 0.625. The second kappa shape index (κ2) is 8.04. The fourth-order valence-corrected chi connectivity index (χ4v) is 4.38. The summed E-state index contributed by atoms with van der Waals surface area (Å²) < 4.78 is 28.6. The minimum absolute atomic E-state index is 0.0632. The van der Waals surface area contributed by atoms with Crippen molar-refractivity contribution in [2.75, 3.05) is 25.0 Å². The van der Waals surface area contributed by atoms with Crippen LogP contribution < -0.4 is 10.0 Å². The first kappa shape index (κ1) is 18.8. The van der Waals surface area contributed by atoms with Crippen molar-refractivity contribution in [3.8, 4) is 0 Å². The minimum atomic E-state index is -3.54. The number of nitrogens with one attached hydrogen (secondary N) is 2. The number of carbonyl (C=O) groups excluding carboxylic acids is 1. The lowest BCUT2D eigenvalue weighted by Gasteiger charge is -2.33. The van der Waals surface area contributed by atoms with Gasteiger partial charge in [0.1, 0.15) is 5.82 Å². The number of aromatic nitrogens is 1. The van der Waals surface area contributed by atoms with Crippen LogP contribution in [0.4, 0.5) is 5.82 Å². The van der Waals surface area contributed by atoms with Crippen molar-refractivity contribution in [3.63, 3.8) is 0 Å². The highest BCUT2D eigenvalue weighted by Crippen LogP contribution is 2.22. The zero-order valence-electron chi connectivity index (χ0n) is 14.4. The number of rotatable bonds is 6. The molecule has 8 heteroatoms. The lowest BCUT2D eigenvalue weighted by molar-refractivity contribution is -0.116. The van der Waals surface area contributed by atoms with Crippen molar-refractivity contribution in [1.29, 1.82) is 0 Å². The number of nitrogens with zero attached hydrogens (tertiary/aromatic N) is 2. The van der Waals surface area contributed by atoms with E-state index in [1.165, 1.54) is 4.31 Å². The summed E-state index contributed by atoms with van der Waals surface area (Å²) >= 11 is 0. The Bertz CT molecular complexity index is 650. The topological polar surface area (TPSA) is 91.4 Å².